The van der Waals surface area contributed by atoms with Gasteiger partial charge >= 0.3 is 0 Å². The van der Waals surface area contributed by atoms with Gasteiger partial charge in [-0.15, -0.1) is 0 Å². The molecule has 0 aromatic heterocycles. The number of hydrogen-bond acceptors (Lipinski definition) is 3. The summed E-state index contributed by atoms with van der Waals surface area (Å²) < 4.78 is 1.09. The van der Waals surface area contributed by atoms with E-state index in [1.54, 1.807) is 0 Å². The SMILES string of the molecule is CC(N)C(c1ccc(Br)cc1)N1CCC(C(C)O)C1. The first kappa shape index (κ1) is 15.0. The lowest BCUT2D eigenvalue weighted by atomic mass is 9.99. The van der Waals surface area contributed by atoms with E-state index in [0.29, 0.717) is 5.92 Å². The zero-order valence-corrected chi connectivity index (χ0v) is 13.2. The molecule has 0 spiro atoms. The van der Waals surface area contributed by atoms with Gasteiger partial charge in [-0.05, 0) is 50.4 Å². The maximum atomic E-state index is 9.73. The van der Waals surface area contributed by atoms with Crippen molar-refractivity contribution in [3.8, 4) is 0 Å². The second-order valence-electron chi connectivity index (χ2n) is 5.64. The van der Waals surface area contributed by atoms with Gasteiger partial charge in [0, 0.05) is 23.1 Å². The monoisotopic (exact) mass is 326 g/mol. The van der Waals surface area contributed by atoms with Gasteiger partial charge in [0.25, 0.3) is 0 Å². The highest BCUT2D eigenvalue weighted by molar-refractivity contribution is 9.10. The molecule has 0 aliphatic carbocycles. The van der Waals surface area contributed by atoms with Crippen molar-refractivity contribution in [2.24, 2.45) is 11.7 Å². The molecule has 4 heteroatoms. The molecule has 3 N–H and O–H groups in total. The Kier molecular flexibility index (Phi) is 5.01. The van der Waals surface area contributed by atoms with Gasteiger partial charge in [-0.2, -0.15) is 0 Å². The van der Waals surface area contributed by atoms with E-state index >= 15 is 0 Å². The van der Waals surface area contributed by atoms with Crippen molar-refractivity contribution in [1.82, 2.24) is 4.90 Å². The number of rotatable bonds is 4. The maximum absolute atomic E-state index is 9.73. The minimum atomic E-state index is -0.233. The molecule has 0 bridgehead atoms. The number of aliphatic hydroxyl groups is 1. The van der Waals surface area contributed by atoms with Crippen LogP contribution in [-0.2, 0) is 0 Å². The molecular weight excluding hydrogens is 304 g/mol. The Labute approximate surface area is 123 Å². The Morgan fingerprint density at radius 3 is 2.42 bits per heavy atom. The fraction of sp³-hybridized carbons (Fsp3) is 0.600. The van der Waals surface area contributed by atoms with Crippen LogP contribution in [0.25, 0.3) is 0 Å². The first-order valence-corrected chi connectivity index (χ1v) is 7.71. The summed E-state index contributed by atoms with van der Waals surface area (Å²) in [6.45, 7) is 5.88. The quantitative estimate of drug-likeness (QED) is 0.893. The van der Waals surface area contributed by atoms with Crippen LogP contribution in [0.3, 0.4) is 0 Å². The number of halogens is 1. The molecule has 2 rings (SSSR count). The van der Waals surface area contributed by atoms with E-state index in [-0.39, 0.29) is 18.2 Å². The van der Waals surface area contributed by atoms with Gasteiger partial charge in [0.15, 0.2) is 0 Å². The summed E-state index contributed by atoms with van der Waals surface area (Å²) in [6, 6.07) is 8.70. The van der Waals surface area contributed by atoms with Crippen molar-refractivity contribution in [2.45, 2.75) is 38.5 Å². The molecule has 1 aromatic carbocycles. The summed E-state index contributed by atoms with van der Waals surface area (Å²) in [5, 5.41) is 9.73. The minimum absolute atomic E-state index is 0.0777. The Balaban J connectivity index is 2.15. The molecule has 4 atom stereocenters. The van der Waals surface area contributed by atoms with Gasteiger partial charge in [-0.25, -0.2) is 0 Å². The Bertz CT molecular complexity index is 405. The standard InChI is InChI=1S/C15H23BrN2O/c1-10(17)15(12-3-5-14(16)6-4-12)18-8-7-13(9-18)11(2)19/h3-6,10-11,13,15,19H,7-9,17H2,1-2H3. The van der Waals surface area contributed by atoms with E-state index in [1.807, 2.05) is 6.92 Å². The van der Waals surface area contributed by atoms with E-state index in [0.717, 1.165) is 24.0 Å². The highest BCUT2D eigenvalue weighted by Crippen LogP contribution is 2.31. The summed E-state index contributed by atoms with van der Waals surface area (Å²) in [7, 11) is 0. The predicted octanol–water partition coefficient (Wildman–Crippen LogP) is 2.54. The molecule has 19 heavy (non-hydrogen) atoms. The van der Waals surface area contributed by atoms with Crippen LogP contribution in [0.15, 0.2) is 28.7 Å². The van der Waals surface area contributed by atoms with Crippen LogP contribution in [0.5, 0.6) is 0 Å². The molecule has 0 radical (unpaired) electrons. The van der Waals surface area contributed by atoms with E-state index in [9.17, 15) is 5.11 Å². The van der Waals surface area contributed by atoms with E-state index in [4.69, 9.17) is 5.73 Å². The number of nitrogens with zero attached hydrogens (tertiary/aromatic N) is 1. The summed E-state index contributed by atoms with van der Waals surface area (Å²) in [6.07, 6.45) is 0.820. The summed E-state index contributed by atoms with van der Waals surface area (Å²) in [4.78, 5) is 2.41. The average Bonchev–Trinajstić information content (AvgIpc) is 2.81. The molecule has 1 heterocycles. The van der Waals surface area contributed by atoms with E-state index in [2.05, 4.69) is 52.0 Å². The molecule has 1 saturated heterocycles. The molecular formula is C15H23BrN2O. The van der Waals surface area contributed by atoms with E-state index < -0.39 is 0 Å². The summed E-state index contributed by atoms with van der Waals surface area (Å²) in [5.41, 5.74) is 7.45. The van der Waals surface area contributed by atoms with Crippen molar-refractivity contribution in [3.05, 3.63) is 34.3 Å². The van der Waals surface area contributed by atoms with Crippen LogP contribution < -0.4 is 5.73 Å². The van der Waals surface area contributed by atoms with Gasteiger partial charge in [-0.1, -0.05) is 28.1 Å². The van der Waals surface area contributed by atoms with Crippen LogP contribution in [0.2, 0.25) is 0 Å². The second-order valence-corrected chi connectivity index (χ2v) is 6.56. The third-order valence-corrected chi connectivity index (χ3v) is 4.57. The number of nitrogens with two attached hydrogens (primary N) is 1. The van der Waals surface area contributed by atoms with Gasteiger partial charge in [0.2, 0.25) is 0 Å². The third-order valence-electron chi connectivity index (χ3n) is 4.04. The van der Waals surface area contributed by atoms with Crippen molar-refractivity contribution < 1.29 is 5.11 Å². The lowest BCUT2D eigenvalue weighted by Crippen LogP contribution is -2.38. The van der Waals surface area contributed by atoms with Crippen molar-refractivity contribution >= 4 is 15.9 Å². The predicted molar refractivity (Wildman–Crippen MR) is 81.9 cm³/mol. The summed E-state index contributed by atoms with van der Waals surface area (Å²) >= 11 is 3.47. The largest absolute Gasteiger partial charge is 0.393 e. The van der Waals surface area contributed by atoms with Crippen molar-refractivity contribution in [2.75, 3.05) is 13.1 Å². The Morgan fingerprint density at radius 1 is 1.32 bits per heavy atom. The Hall–Kier alpha value is -0.420. The lowest BCUT2D eigenvalue weighted by molar-refractivity contribution is 0.119. The van der Waals surface area contributed by atoms with Crippen LogP contribution >= 0.6 is 15.9 Å². The van der Waals surface area contributed by atoms with Gasteiger partial charge in [0.05, 0.1) is 6.10 Å². The zero-order valence-electron chi connectivity index (χ0n) is 11.6. The zero-order chi connectivity index (χ0) is 14.0. The van der Waals surface area contributed by atoms with Crippen molar-refractivity contribution in [3.63, 3.8) is 0 Å². The number of likely N-dealkylation sites (tertiary alicyclic amines) is 1. The molecule has 3 nitrogen and oxygen atoms in total. The second kappa shape index (κ2) is 6.35. The smallest absolute Gasteiger partial charge is 0.0552 e. The minimum Gasteiger partial charge on any atom is -0.393 e. The number of hydrogen-bond donors (Lipinski definition) is 2. The lowest BCUT2D eigenvalue weighted by Gasteiger charge is -2.31. The van der Waals surface area contributed by atoms with Crippen LogP contribution in [0, 0.1) is 5.92 Å². The van der Waals surface area contributed by atoms with Crippen LogP contribution in [0.4, 0.5) is 0 Å². The van der Waals surface area contributed by atoms with Crippen LogP contribution in [-0.4, -0.2) is 35.2 Å². The molecule has 1 aliphatic heterocycles. The topological polar surface area (TPSA) is 49.5 Å². The molecule has 4 unspecified atom stereocenters. The molecule has 0 saturated carbocycles. The van der Waals surface area contributed by atoms with Crippen LogP contribution in [0.1, 0.15) is 31.9 Å². The normalized spacial score (nSPS) is 25.2. The fourth-order valence-electron chi connectivity index (χ4n) is 2.97. The summed E-state index contributed by atoms with van der Waals surface area (Å²) in [5.74, 6) is 0.372. The molecule has 1 fully saturated rings. The molecule has 1 aromatic rings. The molecule has 106 valence electrons. The Morgan fingerprint density at radius 2 is 1.95 bits per heavy atom. The first-order chi connectivity index (χ1) is 8.99. The highest BCUT2D eigenvalue weighted by Gasteiger charge is 2.32. The molecule has 0 amide bonds. The number of benzene rings is 1. The first-order valence-electron chi connectivity index (χ1n) is 6.92. The van der Waals surface area contributed by atoms with E-state index in [1.165, 1.54) is 5.56 Å². The maximum Gasteiger partial charge on any atom is 0.0552 e. The third kappa shape index (κ3) is 3.57. The highest BCUT2D eigenvalue weighted by atomic mass is 79.9. The van der Waals surface area contributed by atoms with Gasteiger partial charge < -0.3 is 10.8 Å². The molecule has 1 aliphatic rings. The number of aliphatic hydroxyl groups excluding tert-OH is 1. The fourth-order valence-corrected chi connectivity index (χ4v) is 3.23. The van der Waals surface area contributed by atoms with Gasteiger partial charge in [-0.3, -0.25) is 4.90 Å². The van der Waals surface area contributed by atoms with Crippen molar-refractivity contribution in [1.29, 1.82) is 0 Å². The average molecular weight is 327 g/mol. The van der Waals surface area contributed by atoms with Gasteiger partial charge in [0.1, 0.15) is 0 Å².